The molecule has 1 fully saturated rings. The summed E-state index contributed by atoms with van der Waals surface area (Å²) in [7, 11) is 0. The van der Waals surface area contributed by atoms with Gasteiger partial charge in [0.25, 0.3) is 0 Å². The van der Waals surface area contributed by atoms with Crippen molar-refractivity contribution in [2.24, 2.45) is 5.92 Å². The number of aryl methyl sites for hydroxylation is 1. The zero-order chi connectivity index (χ0) is 15.1. The number of rotatable bonds is 7. The fourth-order valence-electron chi connectivity index (χ4n) is 2.91. The van der Waals surface area contributed by atoms with E-state index in [2.05, 4.69) is 43.4 Å². The molecule has 1 aliphatic carbocycles. The third-order valence-corrected chi connectivity index (χ3v) is 4.28. The molecular weight excluding hydrogens is 262 g/mol. The molecule has 1 unspecified atom stereocenters. The number of hydrogen-bond donors (Lipinski definition) is 2. The topological polar surface area (TPSA) is 41.5 Å². The number of aliphatic hydroxyl groups is 1. The van der Waals surface area contributed by atoms with E-state index in [1.54, 1.807) is 0 Å². The second kappa shape index (κ2) is 8.52. The second-order valence-corrected chi connectivity index (χ2v) is 6.49. The van der Waals surface area contributed by atoms with Crippen molar-refractivity contribution in [3.63, 3.8) is 0 Å². The summed E-state index contributed by atoms with van der Waals surface area (Å²) in [6.45, 7) is 6.22. The Balaban J connectivity index is 1.58. The van der Waals surface area contributed by atoms with Crippen LogP contribution in [0.3, 0.4) is 0 Å². The van der Waals surface area contributed by atoms with E-state index < -0.39 is 6.10 Å². The molecule has 0 amide bonds. The van der Waals surface area contributed by atoms with Crippen LogP contribution in [0, 0.1) is 12.8 Å². The number of hydrogen-bond acceptors (Lipinski definition) is 3. The minimum Gasteiger partial charge on any atom is -0.389 e. The highest BCUT2D eigenvalue weighted by Gasteiger charge is 2.19. The van der Waals surface area contributed by atoms with Gasteiger partial charge in [-0.3, -0.25) is 0 Å². The monoisotopic (exact) mass is 291 g/mol. The van der Waals surface area contributed by atoms with Gasteiger partial charge in [-0.05, 0) is 44.1 Å². The van der Waals surface area contributed by atoms with Crippen LogP contribution in [0.2, 0.25) is 0 Å². The molecule has 3 nitrogen and oxygen atoms in total. The molecule has 3 heteroatoms. The van der Waals surface area contributed by atoms with Gasteiger partial charge in [0, 0.05) is 13.1 Å². The number of aliphatic hydroxyl groups excluding tert-OH is 1. The molecule has 0 aliphatic heterocycles. The normalized spacial score (nSPS) is 24.0. The summed E-state index contributed by atoms with van der Waals surface area (Å²) in [4.78, 5) is 0. The summed E-state index contributed by atoms with van der Waals surface area (Å²) in [5.74, 6) is 0.839. The molecule has 0 saturated heterocycles. The lowest BCUT2D eigenvalue weighted by atomic mass is 9.89. The average molecular weight is 291 g/mol. The van der Waals surface area contributed by atoms with Gasteiger partial charge >= 0.3 is 0 Å². The maximum atomic E-state index is 9.98. The van der Waals surface area contributed by atoms with E-state index in [1.165, 1.54) is 24.0 Å². The molecule has 2 N–H and O–H groups in total. The van der Waals surface area contributed by atoms with Crippen molar-refractivity contribution in [2.45, 2.75) is 58.3 Å². The molecule has 1 aliphatic rings. The first-order chi connectivity index (χ1) is 10.1. The summed E-state index contributed by atoms with van der Waals surface area (Å²) in [6, 6.07) is 8.43. The molecule has 0 heterocycles. The van der Waals surface area contributed by atoms with Crippen LogP contribution < -0.4 is 5.32 Å². The van der Waals surface area contributed by atoms with Gasteiger partial charge in [-0.1, -0.05) is 36.8 Å². The van der Waals surface area contributed by atoms with Crippen LogP contribution in [0.25, 0.3) is 0 Å². The van der Waals surface area contributed by atoms with Crippen molar-refractivity contribution in [2.75, 3.05) is 13.2 Å². The highest BCUT2D eigenvalue weighted by Crippen LogP contribution is 2.25. The second-order valence-electron chi connectivity index (χ2n) is 6.49. The largest absolute Gasteiger partial charge is 0.389 e. The lowest BCUT2D eigenvalue weighted by molar-refractivity contribution is -0.0278. The van der Waals surface area contributed by atoms with Gasteiger partial charge in [0.2, 0.25) is 0 Å². The first kappa shape index (κ1) is 16.5. The standard InChI is InChI=1S/C18H29NO2/c1-14-6-8-18(9-7-14)21-13-17(20)12-19-11-16-5-3-4-15(2)10-16/h3-5,10,14,17-20H,6-9,11-13H2,1-2H3. The molecule has 1 saturated carbocycles. The van der Waals surface area contributed by atoms with Crippen molar-refractivity contribution >= 4 is 0 Å². The number of nitrogens with one attached hydrogen (secondary N) is 1. The van der Waals surface area contributed by atoms with Crippen LogP contribution in [0.1, 0.15) is 43.7 Å². The first-order valence-electron chi connectivity index (χ1n) is 8.19. The quantitative estimate of drug-likeness (QED) is 0.811. The highest BCUT2D eigenvalue weighted by atomic mass is 16.5. The van der Waals surface area contributed by atoms with E-state index in [0.29, 0.717) is 19.3 Å². The Morgan fingerprint density at radius 2 is 2.05 bits per heavy atom. The summed E-state index contributed by atoms with van der Waals surface area (Å²) in [6.07, 6.45) is 4.73. The summed E-state index contributed by atoms with van der Waals surface area (Å²) >= 11 is 0. The molecule has 1 aromatic carbocycles. The van der Waals surface area contributed by atoms with E-state index in [0.717, 1.165) is 25.3 Å². The van der Waals surface area contributed by atoms with Crippen LogP contribution in [0.4, 0.5) is 0 Å². The minimum atomic E-state index is -0.422. The van der Waals surface area contributed by atoms with Gasteiger partial charge < -0.3 is 15.2 Å². The first-order valence-corrected chi connectivity index (χ1v) is 8.19. The molecule has 1 atom stereocenters. The van der Waals surface area contributed by atoms with Crippen LogP contribution >= 0.6 is 0 Å². The Morgan fingerprint density at radius 3 is 2.76 bits per heavy atom. The average Bonchev–Trinajstić information content (AvgIpc) is 2.47. The zero-order valence-electron chi connectivity index (χ0n) is 13.3. The van der Waals surface area contributed by atoms with Gasteiger partial charge in [0.05, 0.1) is 18.8 Å². The number of ether oxygens (including phenoxy) is 1. The van der Waals surface area contributed by atoms with Gasteiger partial charge in [-0.15, -0.1) is 0 Å². The third kappa shape index (κ3) is 6.16. The molecule has 2 rings (SSSR count). The zero-order valence-corrected chi connectivity index (χ0v) is 13.3. The Kier molecular flexibility index (Phi) is 6.68. The molecule has 21 heavy (non-hydrogen) atoms. The molecule has 1 aromatic rings. The van der Waals surface area contributed by atoms with Crippen molar-refractivity contribution in [3.8, 4) is 0 Å². The Hall–Kier alpha value is -0.900. The minimum absolute atomic E-state index is 0.354. The summed E-state index contributed by atoms with van der Waals surface area (Å²) < 4.78 is 5.82. The van der Waals surface area contributed by atoms with Crippen LogP contribution in [0.5, 0.6) is 0 Å². The summed E-state index contributed by atoms with van der Waals surface area (Å²) in [5.41, 5.74) is 2.52. The molecule has 0 radical (unpaired) electrons. The van der Waals surface area contributed by atoms with E-state index >= 15 is 0 Å². The highest BCUT2D eigenvalue weighted by molar-refractivity contribution is 5.21. The van der Waals surface area contributed by atoms with Gasteiger partial charge in [0.1, 0.15) is 0 Å². The van der Waals surface area contributed by atoms with Gasteiger partial charge in [-0.25, -0.2) is 0 Å². The SMILES string of the molecule is Cc1cccc(CNCC(O)COC2CCC(C)CC2)c1. The molecule has 118 valence electrons. The van der Waals surface area contributed by atoms with Crippen molar-refractivity contribution < 1.29 is 9.84 Å². The lowest BCUT2D eigenvalue weighted by Gasteiger charge is -2.27. The van der Waals surface area contributed by atoms with Crippen LogP contribution in [-0.4, -0.2) is 30.5 Å². The van der Waals surface area contributed by atoms with Crippen molar-refractivity contribution in [1.82, 2.24) is 5.32 Å². The Bertz CT molecular complexity index is 413. The maximum Gasteiger partial charge on any atom is 0.0897 e. The van der Waals surface area contributed by atoms with E-state index in [-0.39, 0.29) is 0 Å². The Morgan fingerprint density at radius 1 is 1.29 bits per heavy atom. The van der Waals surface area contributed by atoms with E-state index in [1.807, 2.05) is 0 Å². The maximum absolute atomic E-state index is 9.98. The molecule has 0 aromatic heterocycles. The molecular formula is C18H29NO2. The lowest BCUT2D eigenvalue weighted by Crippen LogP contribution is -2.32. The van der Waals surface area contributed by atoms with Crippen LogP contribution in [-0.2, 0) is 11.3 Å². The third-order valence-electron chi connectivity index (χ3n) is 4.28. The molecule has 0 spiro atoms. The smallest absolute Gasteiger partial charge is 0.0897 e. The Labute approximate surface area is 128 Å². The predicted octanol–water partition coefficient (Wildman–Crippen LogP) is 3.04. The van der Waals surface area contributed by atoms with E-state index in [4.69, 9.17) is 4.74 Å². The summed E-state index contributed by atoms with van der Waals surface area (Å²) in [5, 5.41) is 13.3. The van der Waals surface area contributed by atoms with E-state index in [9.17, 15) is 5.11 Å². The number of benzene rings is 1. The molecule has 0 bridgehead atoms. The fraction of sp³-hybridized carbons (Fsp3) is 0.667. The van der Waals surface area contributed by atoms with Gasteiger partial charge in [-0.2, -0.15) is 0 Å². The van der Waals surface area contributed by atoms with Crippen LogP contribution in [0.15, 0.2) is 24.3 Å². The fourth-order valence-corrected chi connectivity index (χ4v) is 2.91. The predicted molar refractivity (Wildman–Crippen MR) is 86.3 cm³/mol. The van der Waals surface area contributed by atoms with Gasteiger partial charge in [0.15, 0.2) is 0 Å². The van der Waals surface area contributed by atoms with Crippen molar-refractivity contribution in [1.29, 1.82) is 0 Å². The van der Waals surface area contributed by atoms with Crippen molar-refractivity contribution in [3.05, 3.63) is 35.4 Å².